The molecule has 2 aromatic carbocycles. The van der Waals surface area contributed by atoms with Gasteiger partial charge in [-0.15, -0.1) is 3.96 Å². The maximum atomic E-state index is 6.10. The maximum Gasteiger partial charge on any atom is 0.350 e. The smallest absolute Gasteiger partial charge is 0.317 e. The largest absolute Gasteiger partial charge is 0.350 e. The van der Waals surface area contributed by atoms with Gasteiger partial charge in [0.1, 0.15) is 17.2 Å². The molecule has 3 rings (SSSR count). The molecule has 0 saturated heterocycles. The first-order valence-electron chi connectivity index (χ1n) is 6.97. The molecule has 0 radical (unpaired) electrons. The van der Waals surface area contributed by atoms with E-state index in [1.807, 2.05) is 64.6 Å². The number of hydrogen-bond donors (Lipinski definition) is 1. The van der Waals surface area contributed by atoms with Crippen LogP contribution in [-0.4, -0.2) is 14.3 Å². The molecule has 3 aromatic rings. The highest BCUT2D eigenvalue weighted by atomic mass is 35.6. The second-order valence-corrected chi connectivity index (χ2v) is 8.62. The number of aromatic nitrogens is 2. The van der Waals surface area contributed by atoms with Crippen LogP contribution >= 0.6 is 57.9 Å². The van der Waals surface area contributed by atoms with Crippen LogP contribution in [0.4, 0.5) is 5.13 Å². The first kappa shape index (κ1) is 17.8. The molecule has 0 amide bonds. The number of alkyl halides is 4. The van der Waals surface area contributed by atoms with Crippen LogP contribution in [0.5, 0.6) is 0 Å². The quantitative estimate of drug-likeness (QED) is 0.346. The minimum atomic E-state index is -1.64. The number of benzene rings is 2. The Morgan fingerprint density at radius 1 is 0.958 bits per heavy atom. The van der Waals surface area contributed by atoms with E-state index in [2.05, 4.69) is 10.3 Å². The van der Waals surface area contributed by atoms with E-state index in [1.165, 1.54) is 11.5 Å². The zero-order valence-electron chi connectivity index (χ0n) is 12.2. The number of halogens is 4. The summed E-state index contributed by atoms with van der Waals surface area (Å²) in [6.07, 6.45) is 0. The van der Waals surface area contributed by atoms with Crippen LogP contribution in [0.15, 0.2) is 60.7 Å². The second kappa shape index (κ2) is 7.46. The molecule has 0 fully saturated rings. The third-order valence-corrected chi connectivity index (χ3v) is 5.51. The molecule has 1 aromatic heterocycles. The second-order valence-electron chi connectivity index (χ2n) is 4.88. The van der Waals surface area contributed by atoms with Gasteiger partial charge in [-0.05, 0) is 29.2 Å². The van der Waals surface area contributed by atoms with Crippen molar-refractivity contribution in [3.8, 4) is 17.1 Å². The van der Waals surface area contributed by atoms with Crippen molar-refractivity contribution in [3.05, 3.63) is 60.7 Å². The van der Waals surface area contributed by atoms with Gasteiger partial charge in [0.25, 0.3) is 0 Å². The van der Waals surface area contributed by atoms with Crippen LogP contribution in [0.3, 0.4) is 0 Å². The summed E-state index contributed by atoms with van der Waals surface area (Å²) in [5.74, 6) is 0.780. The van der Waals surface area contributed by atoms with Gasteiger partial charge in [0.15, 0.2) is 5.50 Å². The first-order valence-corrected chi connectivity index (χ1v) is 9.31. The van der Waals surface area contributed by atoms with Crippen molar-refractivity contribution >= 4 is 63.1 Å². The summed E-state index contributed by atoms with van der Waals surface area (Å²) < 4.78 is 0.358. The van der Waals surface area contributed by atoms with Gasteiger partial charge in [0.05, 0.1) is 5.56 Å². The van der Waals surface area contributed by atoms with Crippen LogP contribution in [0.2, 0.25) is 0 Å². The number of hydrogen-bond acceptors (Lipinski definition) is 3. The summed E-state index contributed by atoms with van der Waals surface area (Å²) >= 11 is 24.9. The van der Waals surface area contributed by atoms with Gasteiger partial charge in [0, 0.05) is 0 Å². The average molecular weight is 420 g/mol. The van der Waals surface area contributed by atoms with Crippen molar-refractivity contribution in [2.45, 2.75) is 9.29 Å². The third-order valence-electron chi connectivity index (χ3n) is 3.14. The Bertz CT molecular complexity index is 746. The summed E-state index contributed by atoms with van der Waals surface area (Å²) in [6.45, 7) is 0. The summed E-state index contributed by atoms with van der Waals surface area (Å²) in [5, 5.41) is 3.50. The number of anilines is 1. The average Bonchev–Trinajstić information content (AvgIpc) is 2.99. The van der Waals surface area contributed by atoms with Gasteiger partial charge in [-0.2, -0.15) is 0 Å². The van der Waals surface area contributed by atoms with Crippen molar-refractivity contribution in [3.63, 3.8) is 0 Å². The lowest BCUT2D eigenvalue weighted by Gasteiger charge is -2.16. The lowest BCUT2D eigenvalue weighted by Crippen LogP contribution is -2.28. The Morgan fingerprint density at radius 3 is 2.12 bits per heavy atom. The minimum Gasteiger partial charge on any atom is -0.317 e. The van der Waals surface area contributed by atoms with E-state index >= 15 is 0 Å². The molecule has 0 aliphatic carbocycles. The zero-order chi connectivity index (χ0) is 17.2. The molecule has 0 bridgehead atoms. The number of para-hydroxylation sites is 1. The van der Waals surface area contributed by atoms with Crippen molar-refractivity contribution in [2.24, 2.45) is 0 Å². The first-order chi connectivity index (χ1) is 11.4. The van der Waals surface area contributed by atoms with Crippen molar-refractivity contribution in [1.29, 1.82) is 0 Å². The van der Waals surface area contributed by atoms with Gasteiger partial charge in [-0.3, -0.25) is 0 Å². The van der Waals surface area contributed by atoms with Crippen LogP contribution in [-0.2, 0) is 0 Å². The summed E-state index contributed by atoms with van der Waals surface area (Å²) in [6, 6.07) is 19.8. The van der Waals surface area contributed by atoms with E-state index in [9.17, 15) is 0 Å². The van der Waals surface area contributed by atoms with Gasteiger partial charge >= 0.3 is 11.0 Å². The Hall–Kier alpha value is -1.04. The van der Waals surface area contributed by atoms with Crippen LogP contribution < -0.4 is 9.27 Å². The molecule has 1 N–H and O–H groups in total. The van der Waals surface area contributed by atoms with E-state index in [4.69, 9.17) is 46.4 Å². The topological polar surface area (TPSA) is 28.8 Å². The van der Waals surface area contributed by atoms with Crippen molar-refractivity contribution in [1.82, 2.24) is 4.98 Å². The molecule has 0 aliphatic rings. The third kappa shape index (κ3) is 4.13. The molecule has 3 nitrogen and oxygen atoms in total. The Morgan fingerprint density at radius 2 is 1.54 bits per heavy atom. The monoisotopic (exact) mass is 418 g/mol. The van der Waals surface area contributed by atoms with Gasteiger partial charge in [0.2, 0.25) is 3.79 Å². The molecule has 0 spiro atoms. The highest BCUT2D eigenvalue weighted by Gasteiger charge is 2.34. The Kier molecular flexibility index (Phi) is 5.52. The zero-order valence-corrected chi connectivity index (χ0v) is 16.0. The molecule has 8 heteroatoms. The van der Waals surface area contributed by atoms with E-state index in [0.29, 0.717) is 5.13 Å². The van der Waals surface area contributed by atoms with Gasteiger partial charge in [-0.25, -0.2) is 0 Å². The van der Waals surface area contributed by atoms with E-state index in [-0.39, 0.29) is 0 Å². The standard InChI is InChI=1S/C16H11Cl4N3S/c17-14(16(18,19)20)22-15-21-13(11-7-3-1-4-8-11)23(24-15)12-9-5-2-6-10-12/h1-10,14H/p+1/t14-/m1/s1. The Balaban J connectivity index is 2.03. The fourth-order valence-corrected chi connectivity index (χ4v) is 3.31. The molecular weight excluding hydrogens is 408 g/mol. The lowest BCUT2D eigenvalue weighted by atomic mass is 10.2. The molecule has 0 unspecified atom stereocenters. The van der Waals surface area contributed by atoms with Crippen LogP contribution in [0, 0.1) is 0 Å². The number of nitrogens with one attached hydrogen (secondary N) is 1. The van der Waals surface area contributed by atoms with Gasteiger partial charge < -0.3 is 5.32 Å². The predicted molar refractivity (Wildman–Crippen MR) is 103 cm³/mol. The maximum absolute atomic E-state index is 6.10. The molecular formula is C16H12Cl4N3S+. The van der Waals surface area contributed by atoms with Crippen molar-refractivity contribution < 1.29 is 3.96 Å². The summed E-state index contributed by atoms with van der Waals surface area (Å²) in [7, 11) is 0. The van der Waals surface area contributed by atoms with Crippen LogP contribution in [0.1, 0.15) is 0 Å². The molecule has 0 aliphatic heterocycles. The molecule has 24 heavy (non-hydrogen) atoms. The van der Waals surface area contributed by atoms with Crippen molar-refractivity contribution in [2.75, 3.05) is 5.32 Å². The minimum absolute atomic E-state index is 0.559. The van der Waals surface area contributed by atoms with Gasteiger partial charge in [-0.1, -0.05) is 82.8 Å². The normalized spacial score (nSPS) is 12.8. The predicted octanol–water partition coefficient (Wildman–Crippen LogP) is 5.43. The number of rotatable bonds is 4. The lowest BCUT2D eigenvalue weighted by molar-refractivity contribution is -0.509. The Labute approximate surface area is 163 Å². The summed E-state index contributed by atoms with van der Waals surface area (Å²) in [5.41, 5.74) is 1.06. The molecule has 1 atom stereocenters. The molecule has 0 saturated carbocycles. The molecule has 124 valence electrons. The van der Waals surface area contributed by atoms with E-state index < -0.39 is 9.29 Å². The highest BCUT2D eigenvalue weighted by Crippen LogP contribution is 2.35. The fourth-order valence-electron chi connectivity index (χ4n) is 2.05. The molecule has 1 heterocycles. The van der Waals surface area contributed by atoms with E-state index in [1.54, 1.807) is 0 Å². The fraction of sp³-hybridized carbons (Fsp3) is 0.125. The summed E-state index contributed by atoms with van der Waals surface area (Å²) in [4.78, 5) is 4.62. The highest BCUT2D eigenvalue weighted by molar-refractivity contribution is 7.06. The SMILES string of the molecule is Cl[C@H](Nc1nc(-c2ccccc2)[n+](-c2ccccc2)s1)C(Cl)(Cl)Cl. The number of nitrogens with zero attached hydrogens (tertiary/aromatic N) is 2. The van der Waals surface area contributed by atoms with E-state index in [0.717, 1.165) is 17.1 Å². The van der Waals surface area contributed by atoms with Crippen LogP contribution in [0.25, 0.3) is 17.1 Å².